The fraction of sp³-hybridized carbons (Fsp3) is 0.545. The number of hydrogen-bond acceptors (Lipinski definition) is 3. The Balaban J connectivity index is 2.43. The van der Waals surface area contributed by atoms with Crippen LogP contribution in [-0.2, 0) is 12.8 Å². The van der Waals surface area contributed by atoms with Crippen molar-refractivity contribution >= 4 is 22.3 Å². The summed E-state index contributed by atoms with van der Waals surface area (Å²) in [5, 5.41) is 9.58. The van der Waals surface area contributed by atoms with E-state index in [9.17, 15) is 4.79 Å². The van der Waals surface area contributed by atoms with Crippen LogP contribution in [0.15, 0.2) is 0 Å². The third-order valence-corrected chi connectivity index (χ3v) is 4.03. The Labute approximate surface area is 92.9 Å². The van der Waals surface area contributed by atoms with Crippen molar-refractivity contribution in [2.24, 2.45) is 0 Å². The molecule has 0 fully saturated rings. The smallest absolute Gasteiger partial charge is 0.338 e. The van der Waals surface area contributed by atoms with E-state index in [1.165, 1.54) is 29.1 Å². The number of anilines is 1. The fourth-order valence-electron chi connectivity index (χ4n) is 2.18. The summed E-state index contributed by atoms with van der Waals surface area (Å²) in [5.74, 6) is -0.870. The third-order valence-electron chi connectivity index (χ3n) is 2.91. The van der Waals surface area contributed by atoms with Crippen LogP contribution < -0.4 is 5.73 Å². The Bertz CT molecular complexity index is 384. The van der Waals surface area contributed by atoms with Crippen LogP contribution in [0.5, 0.6) is 0 Å². The van der Waals surface area contributed by atoms with Crippen LogP contribution in [0.1, 0.15) is 46.5 Å². The van der Waals surface area contributed by atoms with Gasteiger partial charge in [-0.15, -0.1) is 11.3 Å². The standard InChI is InChI=1S/C11H15NO2S/c12-10-9(11(13)14)7-5-3-1-2-4-6-8(7)15-10/h1-6,12H2,(H,13,14). The molecule has 4 heteroatoms. The Morgan fingerprint density at radius 3 is 2.53 bits per heavy atom. The monoisotopic (exact) mass is 225 g/mol. The number of carboxylic acid groups (broad SMARTS) is 1. The first-order chi connectivity index (χ1) is 7.20. The molecule has 1 aromatic heterocycles. The average molecular weight is 225 g/mol. The molecule has 1 aromatic rings. The van der Waals surface area contributed by atoms with Gasteiger partial charge >= 0.3 is 5.97 Å². The minimum atomic E-state index is -0.870. The van der Waals surface area contributed by atoms with Crippen molar-refractivity contribution in [3.8, 4) is 0 Å². The average Bonchev–Trinajstić information content (AvgIpc) is 2.42. The molecular weight excluding hydrogens is 210 g/mol. The number of nitrogens with two attached hydrogens (primary N) is 1. The van der Waals surface area contributed by atoms with E-state index in [0.717, 1.165) is 31.2 Å². The molecule has 3 nitrogen and oxygen atoms in total. The van der Waals surface area contributed by atoms with Crippen molar-refractivity contribution in [2.75, 3.05) is 5.73 Å². The van der Waals surface area contributed by atoms with Crippen molar-refractivity contribution in [3.05, 3.63) is 16.0 Å². The second-order valence-electron chi connectivity index (χ2n) is 3.96. The van der Waals surface area contributed by atoms with E-state index in [-0.39, 0.29) is 0 Å². The second kappa shape index (κ2) is 4.23. The minimum Gasteiger partial charge on any atom is -0.478 e. The van der Waals surface area contributed by atoms with Crippen LogP contribution in [0.3, 0.4) is 0 Å². The summed E-state index contributed by atoms with van der Waals surface area (Å²) in [4.78, 5) is 12.3. The Morgan fingerprint density at radius 1 is 1.20 bits per heavy atom. The lowest BCUT2D eigenvalue weighted by molar-refractivity contribution is 0.0697. The van der Waals surface area contributed by atoms with Crippen molar-refractivity contribution in [3.63, 3.8) is 0 Å². The summed E-state index contributed by atoms with van der Waals surface area (Å²) in [6.07, 6.45) is 6.57. The van der Waals surface area contributed by atoms with E-state index in [1.807, 2.05) is 0 Å². The molecule has 0 aliphatic heterocycles. The zero-order valence-electron chi connectivity index (χ0n) is 8.58. The quantitative estimate of drug-likeness (QED) is 0.772. The molecule has 3 N–H and O–H groups in total. The van der Waals surface area contributed by atoms with Crippen LogP contribution in [0.25, 0.3) is 0 Å². The number of carbonyl (C=O) groups is 1. The van der Waals surface area contributed by atoms with Gasteiger partial charge in [0.15, 0.2) is 0 Å². The Hall–Kier alpha value is -1.03. The van der Waals surface area contributed by atoms with Crippen molar-refractivity contribution < 1.29 is 9.90 Å². The summed E-state index contributed by atoms with van der Waals surface area (Å²) >= 11 is 1.46. The number of hydrogen-bond donors (Lipinski definition) is 2. The van der Waals surface area contributed by atoms with Crippen LogP contribution in [-0.4, -0.2) is 11.1 Å². The zero-order valence-corrected chi connectivity index (χ0v) is 9.40. The molecule has 1 heterocycles. The van der Waals surface area contributed by atoms with Crippen LogP contribution in [0.4, 0.5) is 5.00 Å². The van der Waals surface area contributed by atoms with Gasteiger partial charge in [-0.1, -0.05) is 12.8 Å². The lowest BCUT2D eigenvalue weighted by atomic mass is 9.96. The second-order valence-corrected chi connectivity index (χ2v) is 5.10. The van der Waals surface area contributed by atoms with E-state index >= 15 is 0 Å². The maximum atomic E-state index is 11.1. The maximum absolute atomic E-state index is 11.1. The molecule has 0 saturated carbocycles. The van der Waals surface area contributed by atoms with E-state index < -0.39 is 5.97 Å². The van der Waals surface area contributed by atoms with Crippen LogP contribution in [0, 0.1) is 0 Å². The van der Waals surface area contributed by atoms with Gasteiger partial charge in [0.25, 0.3) is 0 Å². The molecule has 0 radical (unpaired) electrons. The summed E-state index contributed by atoms with van der Waals surface area (Å²) in [6.45, 7) is 0. The van der Waals surface area contributed by atoms with Gasteiger partial charge in [-0.25, -0.2) is 4.79 Å². The highest BCUT2D eigenvalue weighted by atomic mass is 32.1. The molecule has 0 bridgehead atoms. The van der Waals surface area contributed by atoms with Gasteiger partial charge in [0.1, 0.15) is 5.00 Å². The van der Waals surface area contributed by atoms with Crippen molar-refractivity contribution in [1.82, 2.24) is 0 Å². The highest BCUT2D eigenvalue weighted by Crippen LogP contribution is 2.34. The number of carboxylic acids is 1. The number of aromatic carboxylic acids is 1. The van der Waals surface area contributed by atoms with Gasteiger partial charge in [-0.3, -0.25) is 0 Å². The molecule has 2 rings (SSSR count). The van der Waals surface area contributed by atoms with Crippen molar-refractivity contribution in [2.45, 2.75) is 38.5 Å². The molecule has 0 amide bonds. The number of fused-ring (bicyclic) bond motifs is 1. The van der Waals surface area contributed by atoms with E-state index in [2.05, 4.69) is 0 Å². The van der Waals surface area contributed by atoms with E-state index in [1.54, 1.807) is 0 Å². The fourth-order valence-corrected chi connectivity index (χ4v) is 3.33. The first-order valence-corrected chi connectivity index (χ1v) is 6.15. The van der Waals surface area contributed by atoms with Gasteiger partial charge < -0.3 is 10.8 Å². The predicted octanol–water partition coefficient (Wildman–Crippen LogP) is 2.69. The minimum absolute atomic E-state index is 0.372. The van der Waals surface area contributed by atoms with Gasteiger partial charge in [-0.05, 0) is 31.2 Å². The van der Waals surface area contributed by atoms with Crippen molar-refractivity contribution in [1.29, 1.82) is 0 Å². The zero-order chi connectivity index (χ0) is 10.8. The molecule has 1 aliphatic carbocycles. The highest BCUT2D eigenvalue weighted by molar-refractivity contribution is 7.16. The van der Waals surface area contributed by atoms with Crippen LogP contribution in [0.2, 0.25) is 0 Å². The number of rotatable bonds is 1. The summed E-state index contributed by atoms with van der Waals surface area (Å²) in [6, 6.07) is 0. The SMILES string of the molecule is Nc1sc2c(c1C(=O)O)CCCCCC2. The molecule has 0 aromatic carbocycles. The maximum Gasteiger partial charge on any atom is 0.338 e. The first-order valence-electron chi connectivity index (χ1n) is 5.33. The topological polar surface area (TPSA) is 63.3 Å². The van der Waals surface area contributed by atoms with Gasteiger partial charge in [0, 0.05) is 4.88 Å². The van der Waals surface area contributed by atoms with Crippen LogP contribution >= 0.6 is 11.3 Å². The highest BCUT2D eigenvalue weighted by Gasteiger charge is 2.21. The Kier molecular flexibility index (Phi) is 2.95. The summed E-state index contributed by atoms with van der Waals surface area (Å²) in [5.41, 5.74) is 7.14. The molecule has 0 unspecified atom stereocenters. The number of aryl methyl sites for hydroxylation is 1. The van der Waals surface area contributed by atoms with Gasteiger partial charge in [0.2, 0.25) is 0 Å². The molecule has 82 valence electrons. The number of thiophene rings is 1. The largest absolute Gasteiger partial charge is 0.478 e. The lowest BCUT2D eigenvalue weighted by Gasteiger charge is -2.09. The molecule has 0 atom stereocenters. The first kappa shape index (κ1) is 10.5. The van der Waals surface area contributed by atoms with Gasteiger partial charge in [-0.2, -0.15) is 0 Å². The lowest BCUT2D eigenvalue weighted by Crippen LogP contribution is -2.05. The third kappa shape index (κ3) is 2.00. The van der Waals surface area contributed by atoms with Gasteiger partial charge in [0.05, 0.1) is 5.56 Å². The number of nitrogen functional groups attached to an aromatic ring is 1. The van der Waals surface area contributed by atoms with E-state index in [0.29, 0.717) is 10.6 Å². The molecular formula is C11H15NO2S. The molecule has 0 spiro atoms. The Morgan fingerprint density at radius 2 is 1.87 bits per heavy atom. The molecule has 0 saturated heterocycles. The van der Waals surface area contributed by atoms with E-state index in [4.69, 9.17) is 10.8 Å². The molecule has 1 aliphatic rings. The normalized spacial score (nSPS) is 16.5. The predicted molar refractivity (Wildman–Crippen MR) is 61.6 cm³/mol. The summed E-state index contributed by atoms with van der Waals surface area (Å²) < 4.78 is 0. The summed E-state index contributed by atoms with van der Waals surface area (Å²) in [7, 11) is 0. The molecule has 15 heavy (non-hydrogen) atoms.